The van der Waals surface area contributed by atoms with Gasteiger partial charge in [-0.25, -0.2) is 0 Å². The van der Waals surface area contributed by atoms with E-state index < -0.39 is 0 Å². The fourth-order valence-electron chi connectivity index (χ4n) is 5.05. The molecule has 2 unspecified atom stereocenters. The van der Waals surface area contributed by atoms with Crippen molar-refractivity contribution in [2.24, 2.45) is 5.92 Å². The highest BCUT2D eigenvalue weighted by molar-refractivity contribution is 5.81. The van der Waals surface area contributed by atoms with Gasteiger partial charge in [-0.15, -0.1) is 0 Å². The minimum atomic E-state index is -0.259. The molecule has 2 fully saturated rings. The number of carbonyl (C=O) groups is 2. The maximum Gasteiger partial charge on any atom is 0.242 e. The molecule has 2 saturated heterocycles. The molecule has 2 heterocycles. The Kier molecular flexibility index (Phi) is 9.71. The van der Waals surface area contributed by atoms with Crippen LogP contribution in [0.15, 0.2) is 30.3 Å². The summed E-state index contributed by atoms with van der Waals surface area (Å²) < 4.78 is 0. The van der Waals surface area contributed by atoms with Crippen LogP contribution in [-0.2, 0) is 20.8 Å². The highest BCUT2D eigenvalue weighted by Gasteiger charge is 2.39. The third-order valence-electron chi connectivity index (χ3n) is 6.78. The minimum Gasteiger partial charge on any atom is -0.335 e. The van der Waals surface area contributed by atoms with Crippen LogP contribution in [0.2, 0.25) is 0 Å². The van der Waals surface area contributed by atoms with E-state index in [9.17, 15) is 9.59 Å². The third-order valence-corrected chi connectivity index (χ3v) is 6.78. The average Bonchev–Trinajstić information content (AvgIpc) is 2.79. The number of likely N-dealkylation sites (tertiary alicyclic amines) is 1. The molecule has 184 valence electrons. The van der Waals surface area contributed by atoms with E-state index in [0.29, 0.717) is 19.0 Å². The quantitative estimate of drug-likeness (QED) is 0.377. The van der Waals surface area contributed by atoms with E-state index >= 15 is 0 Å². The first-order valence-electron chi connectivity index (χ1n) is 12.5. The van der Waals surface area contributed by atoms with Crippen molar-refractivity contribution in [3.63, 3.8) is 0 Å². The SMILES string of the molecule is CC(C)CC(C)ON(CCCc1ccccc1)C1CN(C2CCN(C)CC2)C(=O)CN1C=O. The monoisotopic (exact) mass is 458 g/mol. The Balaban J connectivity index is 1.72. The van der Waals surface area contributed by atoms with Crippen LogP contribution in [0.3, 0.4) is 0 Å². The second-order valence-electron chi connectivity index (χ2n) is 10.1. The number of benzene rings is 1. The van der Waals surface area contributed by atoms with Gasteiger partial charge in [0.25, 0.3) is 0 Å². The molecular weight excluding hydrogens is 416 g/mol. The predicted molar refractivity (Wildman–Crippen MR) is 130 cm³/mol. The maximum absolute atomic E-state index is 12.9. The van der Waals surface area contributed by atoms with Crippen LogP contribution in [0.4, 0.5) is 0 Å². The van der Waals surface area contributed by atoms with Crippen molar-refractivity contribution in [1.82, 2.24) is 19.8 Å². The van der Waals surface area contributed by atoms with E-state index in [2.05, 4.69) is 57.0 Å². The number of hydrogen-bond acceptors (Lipinski definition) is 5. The molecule has 0 bridgehead atoms. The molecule has 0 aliphatic carbocycles. The van der Waals surface area contributed by atoms with E-state index in [4.69, 9.17) is 4.84 Å². The number of carbonyl (C=O) groups excluding carboxylic acids is 2. The zero-order valence-corrected chi connectivity index (χ0v) is 20.9. The minimum absolute atomic E-state index is 0.0460. The van der Waals surface area contributed by atoms with Gasteiger partial charge in [0, 0.05) is 12.6 Å². The molecule has 2 atom stereocenters. The molecule has 7 nitrogen and oxygen atoms in total. The normalized spacial score (nSPS) is 21.8. The summed E-state index contributed by atoms with van der Waals surface area (Å²) in [7, 11) is 2.13. The summed E-state index contributed by atoms with van der Waals surface area (Å²) in [5.74, 6) is 0.573. The van der Waals surface area contributed by atoms with Crippen LogP contribution in [-0.4, -0.2) is 90.2 Å². The van der Waals surface area contributed by atoms with Crippen LogP contribution < -0.4 is 0 Å². The van der Waals surface area contributed by atoms with Crippen molar-refractivity contribution in [2.75, 3.05) is 39.8 Å². The summed E-state index contributed by atoms with van der Waals surface area (Å²) in [6.07, 6.45) is 5.38. The Bertz CT molecular complexity index is 736. The Morgan fingerprint density at radius 3 is 2.48 bits per heavy atom. The second kappa shape index (κ2) is 12.5. The largest absolute Gasteiger partial charge is 0.335 e. The van der Waals surface area contributed by atoms with Crippen molar-refractivity contribution < 1.29 is 14.4 Å². The predicted octanol–water partition coefficient (Wildman–Crippen LogP) is 3.01. The summed E-state index contributed by atoms with van der Waals surface area (Å²) in [6, 6.07) is 10.7. The lowest BCUT2D eigenvalue weighted by Crippen LogP contribution is -2.64. The molecule has 0 radical (unpaired) electrons. The van der Waals surface area contributed by atoms with Crippen LogP contribution >= 0.6 is 0 Å². The van der Waals surface area contributed by atoms with E-state index in [0.717, 1.165) is 51.6 Å². The molecule has 33 heavy (non-hydrogen) atoms. The molecule has 2 aliphatic rings. The zero-order chi connectivity index (χ0) is 23.8. The standard InChI is InChI=1S/C26H42N4O3/c1-21(2)17-22(3)33-30(14-8-11-23-9-6-5-7-10-23)25-18-29(26(32)19-28(25)20-31)24-12-15-27(4)16-13-24/h5-7,9-10,20-22,24-25H,8,11-19H2,1-4H3. The Hall–Kier alpha value is -1.96. The number of nitrogens with zero attached hydrogens (tertiary/aromatic N) is 4. The first-order chi connectivity index (χ1) is 15.9. The second-order valence-corrected chi connectivity index (χ2v) is 10.1. The van der Waals surface area contributed by atoms with Crippen LogP contribution in [0.25, 0.3) is 0 Å². The maximum atomic E-state index is 12.9. The highest BCUT2D eigenvalue weighted by atomic mass is 16.7. The van der Waals surface area contributed by atoms with Crippen molar-refractivity contribution in [3.8, 4) is 0 Å². The number of piperidine rings is 1. The van der Waals surface area contributed by atoms with Crippen LogP contribution in [0, 0.1) is 5.92 Å². The molecule has 0 N–H and O–H groups in total. The molecule has 0 saturated carbocycles. The van der Waals surface area contributed by atoms with Gasteiger partial charge in [-0.1, -0.05) is 44.2 Å². The van der Waals surface area contributed by atoms with Crippen molar-refractivity contribution in [2.45, 2.75) is 71.2 Å². The Morgan fingerprint density at radius 1 is 1.15 bits per heavy atom. The van der Waals surface area contributed by atoms with Gasteiger partial charge in [-0.3, -0.25) is 14.4 Å². The number of aryl methyl sites for hydroxylation is 1. The van der Waals surface area contributed by atoms with Crippen LogP contribution in [0.1, 0.15) is 52.0 Å². The van der Waals surface area contributed by atoms with Crippen molar-refractivity contribution in [3.05, 3.63) is 35.9 Å². The smallest absolute Gasteiger partial charge is 0.242 e. The number of hydroxylamine groups is 2. The molecule has 2 amide bonds. The van der Waals surface area contributed by atoms with E-state index in [1.807, 2.05) is 16.0 Å². The van der Waals surface area contributed by atoms with Gasteiger partial charge >= 0.3 is 0 Å². The summed E-state index contributed by atoms with van der Waals surface area (Å²) >= 11 is 0. The molecule has 0 spiro atoms. The molecule has 1 aromatic carbocycles. The fraction of sp³-hybridized carbons (Fsp3) is 0.692. The number of rotatable bonds is 11. The lowest BCUT2D eigenvalue weighted by molar-refractivity contribution is -0.252. The Morgan fingerprint density at radius 2 is 1.85 bits per heavy atom. The summed E-state index contributed by atoms with van der Waals surface area (Å²) in [5, 5.41) is 1.98. The first kappa shape index (κ1) is 25.7. The number of hydrogen-bond donors (Lipinski definition) is 0. The van der Waals surface area contributed by atoms with E-state index in [1.165, 1.54) is 5.56 Å². The molecule has 2 aliphatic heterocycles. The third kappa shape index (κ3) is 7.52. The van der Waals surface area contributed by atoms with Gasteiger partial charge in [0.05, 0.1) is 12.6 Å². The van der Waals surface area contributed by atoms with Crippen molar-refractivity contribution >= 4 is 12.3 Å². The lowest BCUT2D eigenvalue weighted by atomic mass is 10.0. The van der Waals surface area contributed by atoms with Crippen molar-refractivity contribution in [1.29, 1.82) is 0 Å². The number of amides is 2. The molecular formula is C26H42N4O3. The summed E-state index contributed by atoms with van der Waals surface area (Å²) in [4.78, 5) is 37.3. The van der Waals surface area contributed by atoms with Gasteiger partial charge in [-0.2, -0.15) is 5.06 Å². The average molecular weight is 459 g/mol. The van der Waals surface area contributed by atoms with Crippen LogP contribution in [0.5, 0.6) is 0 Å². The van der Waals surface area contributed by atoms with Gasteiger partial charge in [0.1, 0.15) is 12.7 Å². The summed E-state index contributed by atoms with van der Waals surface area (Å²) in [6.45, 7) is 9.82. The molecule has 1 aromatic rings. The number of piperazine rings is 1. The molecule has 7 heteroatoms. The zero-order valence-electron chi connectivity index (χ0n) is 20.9. The Labute approximate surface area is 199 Å². The van der Waals surface area contributed by atoms with Gasteiger partial charge in [-0.05, 0) is 70.6 Å². The highest BCUT2D eigenvalue weighted by Crippen LogP contribution is 2.23. The van der Waals surface area contributed by atoms with Gasteiger partial charge in [0.15, 0.2) is 0 Å². The molecule has 3 rings (SSSR count). The van der Waals surface area contributed by atoms with Gasteiger partial charge < -0.3 is 14.7 Å². The topological polar surface area (TPSA) is 56.3 Å². The lowest BCUT2D eigenvalue weighted by Gasteiger charge is -2.48. The molecule has 0 aromatic heterocycles. The van der Waals surface area contributed by atoms with E-state index in [-0.39, 0.29) is 30.8 Å². The summed E-state index contributed by atoms with van der Waals surface area (Å²) in [5.41, 5.74) is 1.30. The first-order valence-corrected chi connectivity index (χ1v) is 12.5. The fourth-order valence-corrected chi connectivity index (χ4v) is 5.05. The van der Waals surface area contributed by atoms with Gasteiger partial charge in [0.2, 0.25) is 12.3 Å². The van der Waals surface area contributed by atoms with E-state index in [1.54, 1.807) is 4.90 Å².